The monoisotopic (exact) mass is 296 g/mol. The van der Waals surface area contributed by atoms with E-state index in [0.717, 1.165) is 5.56 Å². The van der Waals surface area contributed by atoms with E-state index in [-0.39, 0.29) is 13.0 Å². The summed E-state index contributed by atoms with van der Waals surface area (Å²) in [6.45, 7) is 7.38. The Hall–Kier alpha value is -1.66. The Morgan fingerprint density at radius 2 is 2.10 bits per heavy atom. The summed E-state index contributed by atoms with van der Waals surface area (Å²) in [4.78, 5) is 15.4. The van der Waals surface area contributed by atoms with Crippen molar-refractivity contribution in [2.45, 2.75) is 51.9 Å². The second-order valence-corrected chi connectivity index (χ2v) is 5.96. The van der Waals surface area contributed by atoms with E-state index in [1.807, 2.05) is 6.92 Å². The molecule has 2 unspecified atom stereocenters. The third-order valence-electron chi connectivity index (χ3n) is 2.87. The maximum absolute atomic E-state index is 11.4. The molecule has 0 bridgehead atoms. The van der Waals surface area contributed by atoms with Gasteiger partial charge in [0.2, 0.25) is 0 Å². The highest BCUT2D eigenvalue weighted by molar-refractivity contribution is 5.67. The molecule has 1 amide bonds. The molecule has 118 valence electrons. The van der Waals surface area contributed by atoms with E-state index in [0.29, 0.717) is 5.56 Å². The number of aryl methyl sites for hydroxylation is 1. The van der Waals surface area contributed by atoms with Crippen LogP contribution in [0.2, 0.25) is 0 Å². The Kier molecular flexibility index (Phi) is 6.11. The van der Waals surface area contributed by atoms with Crippen molar-refractivity contribution in [2.75, 3.05) is 6.54 Å². The zero-order valence-electron chi connectivity index (χ0n) is 13.0. The van der Waals surface area contributed by atoms with Gasteiger partial charge in [-0.3, -0.25) is 4.98 Å². The first kappa shape index (κ1) is 17.4. The summed E-state index contributed by atoms with van der Waals surface area (Å²) in [6.07, 6.45) is 0.824. The summed E-state index contributed by atoms with van der Waals surface area (Å²) in [7, 11) is 0. The molecule has 0 saturated heterocycles. The molecule has 0 aliphatic rings. The molecule has 0 saturated carbocycles. The average molecular weight is 296 g/mol. The highest BCUT2D eigenvalue weighted by Gasteiger charge is 2.21. The molecule has 6 nitrogen and oxygen atoms in total. The van der Waals surface area contributed by atoms with E-state index in [1.165, 1.54) is 6.20 Å². The maximum Gasteiger partial charge on any atom is 0.407 e. The van der Waals surface area contributed by atoms with Crippen LogP contribution in [0.25, 0.3) is 0 Å². The number of amides is 1. The Morgan fingerprint density at radius 3 is 2.67 bits per heavy atom. The molecule has 1 heterocycles. The quantitative estimate of drug-likeness (QED) is 0.769. The molecule has 3 N–H and O–H groups in total. The molecular weight excluding hydrogens is 272 g/mol. The van der Waals surface area contributed by atoms with Gasteiger partial charge in [-0.1, -0.05) is 0 Å². The zero-order chi connectivity index (χ0) is 16.0. The molecule has 2 atom stereocenters. The minimum atomic E-state index is -1.03. The molecule has 1 aromatic heterocycles. The summed E-state index contributed by atoms with van der Waals surface area (Å²) in [5.74, 6) is 0. The number of aliphatic hydroxyl groups is 2. The lowest BCUT2D eigenvalue weighted by molar-refractivity contribution is 0.0118. The van der Waals surface area contributed by atoms with Gasteiger partial charge >= 0.3 is 6.09 Å². The molecule has 0 spiro atoms. The number of carbonyl (C=O) groups is 1. The summed E-state index contributed by atoms with van der Waals surface area (Å²) in [6, 6.07) is 1.77. The van der Waals surface area contributed by atoms with Crippen LogP contribution >= 0.6 is 0 Å². The normalized spacial score (nSPS) is 14.4. The number of aromatic nitrogens is 1. The van der Waals surface area contributed by atoms with Gasteiger partial charge in [-0.2, -0.15) is 0 Å². The number of nitrogens with one attached hydrogen (secondary N) is 1. The fraction of sp³-hybridized carbons (Fsp3) is 0.600. The lowest BCUT2D eigenvalue weighted by Gasteiger charge is -2.21. The van der Waals surface area contributed by atoms with Crippen LogP contribution in [0.15, 0.2) is 18.5 Å². The van der Waals surface area contributed by atoms with Crippen LogP contribution < -0.4 is 5.32 Å². The lowest BCUT2D eigenvalue weighted by Crippen LogP contribution is -2.34. The third-order valence-corrected chi connectivity index (χ3v) is 2.87. The summed E-state index contributed by atoms with van der Waals surface area (Å²) >= 11 is 0. The van der Waals surface area contributed by atoms with E-state index >= 15 is 0 Å². The van der Waals surface area contributed by atoms with Crippen LogP contribution in [0.3, 0.4) is 0 Å². The van der Waals surface area contributed by atoms with Crippen molar-refractivity contribution in [3.8, 4) is 0 Å². The number of alkyl carbamates (subject to hydrolysis) is 1. The van der Waals surface area contributed by atoms with Gasteiger partial charge < -0.3 is 20.3 Å². The number of hydrogen-bond donors (Lipinski definition) is 3. The first-order chi connectivity index (χ1) is 9.70. The van der Waals surface area contributed by atoms with Crippen LogP contribution in [0, 0.1) is 6.92 Å². The fourth-order valence-corrected chi connectivity index (χ4v) is 1.79. The topological polar surface area (TPSA) is 91.7 Å². The largest absolute Gasteiger partial charge is 0.444 e. The number of rotatable bonds is 5. The molecule has 0 aliphatic heterocycles. The Bertz CT molecular complexity index is 471. The Labute approximate surface area is 125 Å². The minimum Gasteiger partial charge on any atom is -0.444 e. The van der Waals surface area contributed by atoms with Crippen molar-refractivity contribution >= 4 is 6.09 Å². The number of ether oxygens (including phenoxy) is 1. The van der Waals surface area contributed by atoms with E-state index in [1.54, 1.807) is 33.0 Å². The van der Waals surface area contributed by atoms with Crippen LogP contribution in [-0.2, 0) is 4.74 Å². The molecule has 1 aromatic rings. The van der Waals surface area contributed by atoms with Crippen molar-refractivity contribution in [2.24, 2.45) is 0 Å². The maximum atomic E-state index is 11.4. The van der Waals surface area contributed by atoms with Crippen molar-refractivity contribution in [1.29, 1.82) is 0 Å². The second kappa shape index (κ2) is 7.38. The zero-order valence-corrected chi connectivity index (χ0v) is 13.0. The number of pyridine rings is 1. The molecule has 1 rings (SSSR count). The van der Waals surface area contributed by atoms with E-state index < -0.39 is 23.9 Å². The van der Waals surface area contributed by atoms with Crippen molar-refractivity contribution in [3.63, 3.8) is 0 Å². The summed E-state index contributed by atoms with van der Waals surface area (Å²) < 4.78 is 5.08. The van der Waals surface area contributed by atoms with E-state index in [4.69, 9.17) is 4.74 Å². The number of aliphatic hydroxyl groups excluding tert-OH is 2. The summed E-state index contributed by atoms with van der Waals surface area (Å²) in [5, 5.41) is 22.6. The van der Waals surface area contributed by atoms with Crippen LogP contribution in [-0.4, -0.2) is 39.5 Å². The molecule has 0 aromatic carbocycles. The molecule has 0 fully saturated rings. The Balaban J connectivity index is 2.42. The highest BCUT2D eigenvalue weighted by Crippen LogP contribution is 2.21. The van der Waals surface area contributed by atoms with Crippen LogP contribution in [0.4, 0.5) is 4.79 Å². The molecule has 21 heavy (non-hydrogen) atoms. The van der Waals surface area contributed by atoms with Gasteiger partial charge in [-0.25, -0.2) is 4.79 Å². The first-order valence-corrected chi connectivity index (χ1v) is 6.94. The second-order valence-electron chi connectivity index (χ2n) is 5.96. The Morgan fingerprint density at radius 1 is 1.43 bits per heavy atom. The van der Waals surface area contributed by atoms with Crippen LogP contribution in [0.1, 0.15) is 44.4 Å². The number of carbonyl (C=O) groups excluding carboxylic acids is 1. The molecular formula is C15H24N2O4. The van der Waals surface area contributed by atoms with Gasteiger partial charge in [0.15, 0.2) is 0 Å². The van der Waals surface area contributed by atoms with Gasteiger partial charge in [0.25, 0.3) is 0 Å². The highest BCUT2D eigenvalue weighted by atomic mass is 16.6. The van der Waals surface area contributed by atoms with Crippen molar-refractivity contribution in [3.05, 3.63) is 29.6 Å². The lowest BCUT2D eigenvalue weighted by atomic mass is 10.00. The van der Waals surface area contributed by atoms with Gasteiger partial charge in [0, 0.05) is 24.5 Å². The first-order valence-electron chi connectivity index (χ1n) is 6.94. The van der Waals surface area contributed by atoms with E-state index in [9.17, 15) is 15.0 Å². The molecule has 0 aliphatic carbocycles. The number of nitrogens with zero attached hydrogens (tertiary/aromatic N) is 1. The van der Waals surface area contributed by atoms with Gasteiger partial charge in [-0.05, 0) is 45.7 Å². The van der Waals surface area contributed by atoms with Gasteiger partial charge in [-0.15, -0.1) is 0 Å². The molecule has 0 radical (unpaired) electrons. The number of hydrogen-bond acceptors (Lipinski definition) is 5. The predicted molar refractivity (Wildman–Crippen MR) is 78.8 cm³/mol. The minimum absolute atomic E-state index is 0.215. The van der Waals surface area contributed by atoms with Crippen molar-refractivity contribution < 1.29 is 19.7 Å². The fourth-order valence-electron chi connectivity index (χ4n) is 1.79. The van der Waals surface area contributed by atoms with E-state index in [2.05, 4.69) is 10.3 Å². The van der Waals surface area contributed by atoms with Crippen LogP contribution in [0.5, 0.6) is 0 Å². The van der Waals surface area contributed by atoms with Gasteiger partial charge in [0.1, 0.15) is 11.7 Å². The van der Waals surface area contributed by atoms with Gasteiger partial charge in [0.05, 0.1) is 6.10 Å². The third kappa shape index (κ3) is 6.10. The SMILES string of the molecule is Cc1ccncc1C(O)C(O)CCNC(=O)OC(C)(C)C. The van der Waals surface area contributed by atoms with Crippen molar-refractivity contribution in [1.82, 2.24) is 10.3 Å². The smallest absolute Gasteiger partial charge is 0.407 e. The average Bonchev–Trinajstić information content (AvgIpc) is 2.36. The standard InChI is InChI=1S/C15H24N2O4/c1-10-5-7-16-9-11(10)13(19)12(18)6-8-17-14(20)21-15(2,3)4/h5,7,9,12-13,18-19H,6,8H2,1-4H3,(H,17,20). The summed E-state index contributed by atoms with van der Waals surface area (Å²) in [5.41, 5.74) is 0.883. The molecule has 6 heteroatoms. The predicted octanol–water partition coefficient (Wildman–Crippen LogP) is 1.70.